The van der Waals surface area contributed by atoms with E-state index < -0.39 is 0 Å². The Morgan fingerprint density at radius 1 is 1.53 bits per heavy atom. The van der Waals surface area contributed by atoms with Gasteiger partial charge in [0, 0.05) is 5.92 Å². The van der Waals surface area contributed by atoms with Gasteiger partial charge in [0.05, 0.1) is 17.6 Å². The highest BCUT2D eigenvalue weighted by molar-refractivity contribution is 5.87. The number of ketones is 1. The first-order chi connectivity index (χ1) is 7.02. The van der Waals surface area contributed by atoms with E-state index in [1.54, 1.807) is 0 Å². The lowest BCUT2D eigenvalue weighted by molar-refractivity contribution is -0.164. The molecule has 0 N–H and O–H groups in total. The van der Waals surface area contributed by atoms with Gasteiger partial charge in [-0.1, -0.05) is 39.8 Å². The monoisotopic (exact) mass is 208 g/mol. The average molecular weight is 208 g/mol. The highest BCUT2D eigenvalue weighted by atomic mass is 16.5. The number of Topliss-reactive ketones (excluding diaryl/α,β-unsaturated/α-hetero) is 1. The standard InChI is InChI=1S/C13H20O2/c1-5-13-7-6-10(15-13)11(8(2)3)12(14)9(13)4/h6-11H,5H2,1-4H3/t9-,10+,11+,13-/m1/s1. The fraction of sp³-hybridized carbons (Fsp3) is 0.769. The molecule has 0 aromatic carbocycles. The van der Waals surface area contributed by atoms with Gasteiger partial charge in [-0.15, -0.1) is 0 Å². The topological polar surface area (TPSA) is 26.3 Å². The highest BCUT2D eigenvalue weighted by Gasteiger charge is 2.52. The molecule has 2 bridgehead atoms. The lowest BCUT2D eigenvalue weighted by Gasteiger charge is -2.42. The largest absolute Gasteiger partial charge is 0.362 e. The van der Waals surface area contributed by atoms with Gasteiger partial charge in [-0.05, 0) is 12.3 Å². The Morgan fingerprint density at radius 2 is 2.20 bits per heavy atom. The molecule has 2 rings (SSSR count). The maximum atomic E-state index is 12.3. The Bertz CT molecular complexity index is 306. The van der Waals surface area contributed by atoms with Gasteiger partial charge in [0.25, 0.3) is 0 Å². The number of ether oxygens (including phenoxy) is 1. The Hall–Kier alpha value is -0.630. The van der Waals surface area contributed by atoms with Crippen LogP contribution >= 0.6 is 0 Å². The molecule has 0 amide bonds. The third-order valence-corrected chi connectivity index (χ3v) is 4.04. The van der Waals surface area contributed by atoms with Crippen molar-refractivity contribution in [3.05, 3.63) is 12.2 Å². The second-order valence-electron chi connectivity index (χ2n) is 5.14. The number of carbonyl (C=O) groups excluding carboxylic acids is 1. The van der Waals surface area contributed by atoms with Crippen LogP contribution in [0.4, 0.5) is 0 Å². The van der Waals surface area contributed by atoms with Gasteiger partial charge in [-0.3, -0.25) is 4.79 Å². The molecule has 1 saturated heterocycles. The Morgan fingerprint density at radius 3 is 2.73 bits per heavy atom. The van der Waals surface area contributed by atoms with E-state index in [1.807, 2.05) is 6.92 Å². The summed E-state index contributed by atoms with van der Waals surface area (Å²) in [5.41, 5.74) is -0.298. The minimum absolute atomic E-state index is 0.00454. The van der Waals surface area contributed by atoms with Crippen LogP contribution in [0.1, 0.15) is 34.1 Å². The lowest BCUT2D eigenvalue weighted by atomic mass is 9.74. The van der Waals surface area contributed by atoms with Crippen molar-refractivity contribution in [3.63, 3.8) is 0 Å². The van der Waals surface area contributed by atoms with E-state index in [0.29, 0.717) is 11.7 Å². The fourth-order valence-electron chi connectivity index (χ4n) is 2.94. The molecule has 84 valence electrons. The number of rotatable bonds is 2. The van der Waals surface area contributed by atoms with Crippen molar-refractivity contribution in [2.75, 3.05) is 0 Å². The van der Waals surface area contributed by atoms with Crippen LogP contribution in [0, 0.1) is 17.8 Å². The Kier molecular flexibility index (Phi) is 2.50. The van der Waals surface area contributed by atoms with Crippen molar-refractivity contribution in [1.29, 1.82) is 0 Å². The van der Waals surface area contributed by atoms with Crippen molar-refractivity contribution in [2.45, 2.75) is 45.8 Å². The Balaban J connectivity index is 2.33. The predicted molar refractivity (Wildman–Crippen MR) is 59.5 cm³/mol. The zero-order valence-electron chi connectivity index (χ0n) is 9.99. The van der Waals surface area contributed by atoms with E-state index in [4.69, 9.17) is 4.74 Å². The summed E-state index contributed by atoms with van der Waals surface area (Å²) in [5.74, 6) is 0.805. The first kappa shape index (κ1) is 10.9. The average Bonchev–Trinajstić information content (AvgIpc) is 2.57. The Labute approximate surface area is 91.7 Å². The molecule has 0 unspecified atom stereocenters. The summed E-state index contributed by atoms with van der Waals surface area (Å²) < 4.78 is 6.06. The molecule has 0 aliphatic carbocycles. The zero-order chi connectivity index (χ0) is 11.2. The molecule has 0 aromatic rings. The molecule has 0 radical (unpaired) electrons. The summed E-state index contributed by atoms with van der Waals surface area (Å²) in [6.45, 7) is 8.30. The van der Waals surface area contributed by atoms with Crippen LogP contribution in [-0.4, -0.2) is 17.5 Å². The number of hydrogen-bond acceptors (Lipinski definition) is 2. The molecule has 15 heavy (non-hydrogen) atoms. The quantitative estimate of drug-likeness (QED) is 0.652. The van der Waals surface area contributed by atoms with Crippen LogP contribution in [0.3, 0.4) is 0 Å². The maximum absolute atomic E-state index is 12.3. The van der Waals surface area contributed by atoms with Crippen LogP contribution in [0.25, 0.3) is 0 Å². The SMILES string of the molecule is CC[C@]12C=C[C@H](O1)[C@H](C(C)C)C(=O)[C@H]2C. The van der Waals surface area contributed by atoms with E-state index in [9.17, 15) is 4.79 Å². The lowest BCUT2D eigenvalue weighted by Crippen LogP contribution is -2.51. The molecule has 2 heteroatoms. The van der Waals surface area contributed by atoms with Gasteiger partial charge < -0.3 is 4.74 Å². The van der Waals surface area contributed by atoms with Gasteiger partial charge in [0.1, 0.15) is 5.78 Å². The van der Waals surface area contributed by atoms with Crippen LogP contribution in [-0.2, 0) is 9.53 Å². The molecule has 0 spiro atoms. The highest BCUT2D eigenvalue weighted by Crippen LogP contribution is 2.45. The van der Waals surface area contributed by atoms with Gasteiger partial charge in [-0.2, -0.15) is 0 Å². The number of fused-ring (bicyclic) bond motifs is 2. The van der Waals surface area contributed by atoms with E-state index in [2.05, 4.69) is 32.9 Å². The molecular formula is C13H20O2. The van der Waals surface area contributed by atoms with Gasteiger partial charge in [-0.25, -0.2) is 0 Å². The van der Waals surface area contributed by atoms with E-state index in [-0.39, 0.29) is 23.5 Å². The second kappa shape index (κ2) is 3.44. The van der Waals surface area contributed by atoms with E-state index in [0.717, 1.165) is 6.42 Å². The summed E-state index contributed by atoms with van der Waals surface area (Å²) in [6, 6.07) is 0. The van der Waals surface area contributed by atoms with Crippen molar-refractivity contribution in [2.24, 2.45) is 17.8 Å². The van der Waals surface area contributed by atoms with Crippen molar-refractivity contribution in [3.8, 4) is 0 Å². The second-order valence-corrected chi connectivity index (χ2v) is 5.14. The van der Waals surface area contributed by atoms with Crippen LogP contribution in [0.5, 0.6) is 0 Å². The third-order valence-electron chi connectivity index (χ3n) is 4.04. The molecule has 0 saturated carbocycles. The number of carbonyl (C=O) groups is 1. The van der Waals surface area contributed by atoms with Gasteiger partial charge in [0.15, 0.2) is 0 Å². The molecule has 1 fully saturated rings. The predicted octanol–water partition coefficient (Wildman–Crippen LogP) is 2.58. The zero-order valence-corrected chi connectivity index (χ0v) is 9.99. The first-order valence-corrected chi connectivity index (χ1v) is 5.92. The summed E-state index contributed by atoms with van der Waals surface area (Å²) in [5, 5.41) is 0. The van der Waals surface area contributed by atoms with Crippen LogP contribution in [0.15, 0.2) is 12.2 Å². The first-order valence-electron chi connectivity index (χ1n) is 5.92. The normalized spacial score (nSPS) is 44.1. The summed E-state index contributed by atoms with van der Waals surface area (Å²) in [6.07, 6.45) is 5.12. The fourth-order valence-corrected chi connectivity index (χ4v) is 2.94. The van der Waals surface area contributed by atoms with E-state index >= 15 is 0 Å². The minimum atomic E-state index is -0.298. The molecule has 2 aliphatic rings. The molecule has 0 aromatic heterocycles. The molecule has 2 heterocycles. The smallest absolute Gasteiger partial charge is 0.145 e. The minimum Gasteiger partial charge on any atom is -0.362 e. The van der Waals surface area contributed by atoms with Gasteiger partial charge >= 0.3 is 0 Å². The van der Waals surface area contributed by atoms with Crippen LogP contribution < -0.4 is 0 Å². The van der Waals surface area contributed by atoms with Gasteiger partial charge in [0.2, 0.25) is 0 Å². The molecule has 2 aliphatic heterocycles. The molecule has 2 nitrogen and oxygen atoms in total. The third kappa shape index (κ3) is 1.38. The molecular weight excluding hydrogens is 188 g/mol. The van der Waals surface area contributed by atoms with Crippen molar-refractivity contribution in [1.82, 2.24) is 0 Å². The number of hydrogen-bond donors (Lipinski definition) is 0. The van der Waals surface area contributed by atoms with Crippen molar-refractivity contribution < 1.29 is 9.53 Å². The summed E-state index contributed by atoms with van der Waals surface area (Å²) >= 11 is 0. The molecule has 4 atom stereocenters. The van der Waals surface area contributed by atoms with Crippen molar-refractivity contribution >= 4 is 5.78 Å². The maximum Gasteiger partial charge on any atom is 0.145 e. The summed E-state index contributed by atoms with van der Waals surface area (Å²) in [4.78, 5) is 12.3. The van der Waals surface area contributed by atoms with Crippen LogP contribution in [0.2, 0.25) is 0 Å². The van der Waals surface area contributed by atoms with E-state index in [1.165, 1.54) is 0 Å². The summed E-state index contributed by atoms with van der Waals surface area (Å²) in [7, 11) is 0.